The molecule has 4 amide bonds. The summed E-state index contributed by atoms with van der Waals surface area (Å²) in [6, 6.07) is 12.9. The Labute approximate surface area is 396 Å². The molecular formula is C51H61N13O4. The largest absolute Gasteiger partial charge is 0.359 e. The molecule has 68 heavy (non-hydrogen) atoms. The van der Waals surface area contributed by atoms with E-state index < -0.39 is 0 Å². The zero-order valence-corrected chi connectivity index (χ0v) is 39.4. The average Bonchev–Trinajstić information content (AvgIpc) is 4.13. The van der Waals surface area contributed by atoms with Gasteiger partial charge in [-0.2, -0.15) is 15.5 Å². The van der Waals surface area contributed by atoms with Crippen molar-refractivity contribution in [3.05, 3.63) is 78.0 Å². The summed E-state index contributed by atoms with van der Waals surface area (Å²) >= 11 is 0. The van der Waals surface area contributed by atoms with Crippen LogP contribution in [0.4, 0.5) is 11.5 Å². The van der Waals surface area contributed by atoms with Crippen LogP contribution in [0.3, 0.4) is 0 Å². The third-order valence-corrected chi connectivity index (χ3v) is 15.4. The van der Waals surface area contributed by atoms with Gasteiger partial charge >= 0.3 is 0 Å². The molecule has 17 heteroatoms. The van der Waals surface area contributed by atoms with Gasteiger partial charge in [-0.25, -0.2) is 14.5 Å². The van der Waals surface area contributed by atoms with Crippen LogP contribution >= 0.6 is 0 Å². The molecule has 9 heterocycles. The first kappa shape index (κ1) is 45.1. The van der Waals surface area contributed by atoms with Crippen molar-refractivity contribution in [1.82, 2.24) is 49.8 Å². The SMILES string of the molecule is CCC1(C(=O)NC(C)C)CCN(c2ccc(-c3nc(-c4cnn(C5CCN(C(=O)CN6CCC(c7ccc8c(c7)CCN8C7CCC(=O)NC7=O)CC6)CC5)c4)cn4ncc(C#N)c34)cn2)CC1. The third-order valence-electron chi connectivity index (χ3n) is 15.4. The van der Waals surface area contributed by atoms with Gasteiger partial charge in [0.05, 0.1) is 48.0 Å². The number of fused-ring (bicyclic) bond motifs is 2. The first-order valence-corrected chi connectivity index (χ1v) is 24.6. The Morgan fingerprint density at radius 1 is 0.897 bits per heavy atom. The van der Waals surface area contributed by atoms with Crippen LogP contribution in [-0.4, -0.2) is 127 Å². The fourth-order valence-electron chi connectivity index (χ4n) is 11.2. The van der Waals surface area contributed by atoms with Crippen molar-refractivity contribution in [2.24, 2.45) is 5.41 Å². The highest BCUT2D eigenvalue weighted by molar-refractivity contribution is 6.02. The zero-order valence-electron chi connectivity index (χ0n) is 39.4. The number of anilines is 2. The number of aromatic nitrogens is 6. The lowest BCUT2D eigenvalue weighted by atomic mass is 9.75. The second-order valence-corrected chi connectivity index (χ2v) is 19.8. The minimum absolute atomic E-state index is 0.106. The first-order valence-electron chi connectivity index (χ1n) is 24.6. The molecule has 0 radical (unpaired) electrons. The molecule has 354 valence electrons. The molecule has 4 fully saturated rings. The van der Waals surface area contributed by atoms with Gasteiger partial charge in [0.25, 0.3) is 0 Å². The summed E-state index contributed by atoms with van der Waals surface area (Å²) in [5.74, 6) is 1.22. The molecule has 5 aliphatic rings. The zero-order chi connectivity index (χ0) is 47.1. The van der Waals surface area contributed by atoms with E-state index in [0.29, 0.717) is 60.9 Å². The minimum atomic E-state index is -0.364. The number of nitrogens with zero attached hydrogens (tertiary/aromatic N) is 11. The molecular weight excluding hydrogens is 859 g/mol. The number of carbonyl (C=O) groups excluding carboxylic acids is 4. The van der Waals surface area contributed by atoms with Gasteiger partial charge in [-0.15, -0.1) is 0 Å². The highest BCUT2D eigenvalue weighted by Crippen LogP contribution is 2.39. The summed E-state index contributed by atoms with van der Waals surface area (Å²) in [6.07, 6.45) is 16.8. The Kier molecular flexibility index (Phi) is 12.5. The fourth-order valence-corrected chi connectivity index (χ4v) is 11.2. The van der Waals surface area contributed by atoms with Crippen LogP contribution in [0.15, 0.2) is 61.3 Å². The molecule has 0 aliphatic carbocycles. The summed E-state index contributed by atoms with van der Waals surface area (Å²) in [5.41, 5.74) is 7.27. The predicted octanol–water partition coefficient (Wildman–Crippen LogP) is 5.26. The van der Waals surface area contributed by atoms with Crippen molar-refractivity contribution in [2.75, 3.05) is 62.2 Å². The summed E-state index contributed by atoms with van der Waals surface area (Å²) in [5, 5.41) is 25.0. The molecule has 4 aromatic heterocycles. The van der Waals surface area contributed by atoms with Gasteiger partial charge < -0.3 is 20.0 Å². The fraction of sp³-hybridized carbons (Fsp3) is 0.510. The maximum absolute atomic E-state index is 13.6. The van der Waals surface area contributed by atoms with Crippen LogP contribution in [0.5, 0.6) is 0 Å². The van der Waals surface area contributed by atoms with Gasteiger partial charge in [-0.3, -0.25) is 34.1 Å². The number of rotatable bonds is 11. The molecule has 5 aromatic rings. The molecule has 1 aromatic carbocycles. The van der Waals surface area contributed by atoms with E-state index >= 15 is 0 Å². The molecule has 10 rings (SSSR count). The predicted molar refractivity (Wildman–Crippen MR) is 257 cm³/mol. The molecule has 0 bridgehead atoms. The van der Waals surface area contributed by atoms with Gasteiger partial charge in [0.1, 0.15) is 29.0 Å². The topological polar surface area (TPSA) is 190 Å². The summed E-state index contributed by atoms with van der Waals surface area (Å²) in [4.78, 5) is 69.7. The van der Waals surface area contributed by atoms with Crippen LogP contribution in [0.2, 0.25) is 0 Å². The molecule has 17 nitrogen and oxygen atoms in total. The van der Waals surface area contributed by atoms with Crippen LogP contribution in [0.1, 0.15) is 107 Å². The monoisotopic (exact) mass is 919 g/mol. The van der Waals surface area contributed by atoms with Crippen LogP contribution in [0.25, 0.3) is 28.0 Å². The number of hydrogen-bond donors (Lipinski definition) is 2. The standard InChI is InChI=1S/C51H61N13O4/c1-4-51(50(68)56-33(2)3)16-23-60(24-17-51)44-9-6-37(27-53-44)47-48-38(26-52)28-55-64(48)31-41(57-47)39-29-54-63(30-39)40-14-20-61(21-15-40)46(66)32-59-18-11-34(12-19-59)35-5-7-42-36(25-35)13-22-62(42)43-8-10-45(65)58-49(43)67/h5-7,9,25,27-31,33-34,40,43H,4,8,10-24,32H2,1-3H3,(H,56,68)(H,58,65,67). The van der Waals surface area contributed by atoms with Gasteiger partial charge in [0, 0.05) is 74.4 Å². The van der Waals surface area contributed by atoms with Crippen molar-refractivity contribution in [3.8, 4) is 28.6 Å². The van der Waals surface area contributed by atoms with Crippen LogP contribution < -0.4 is 20.4 Å². The Morgan fingerprint density at radius 2 is 1.69 bits per heavy atom. The highest BCUT2D eigenvalue weighted by Gasteiger charge is 2.40. The number of amides is 4. The van der Waals surface area contributed by atoms with Crippen LogP contribution in [0, 0.1) is 16.7 Å². The van der Waals surface area contributed by atoms with E-state index in [9.17, 15) is 24.4 Å². The third kappa shape index (κ3) is 8.81. The number of piperidine rings is 4. The number of hydrogen-bond acceptors (Lipinski definition) is 12. The number of likely N-dealkylation sites (tertiary alicyclic amines) is 2. The molecule has 2 N–H and O–H groups in total. The number of nitrogens with one attached hydrogen (secondary N) is 2. The summed E-state index contributed by atoms with van der Waals surface area (Å²) < 4.78 is 3.70. The summed E-state index contributed by atoms with van der Waals surface area (Å²) in [6.45, 7) is 11.9. The van der Waals surface area contributed by atoms with Crippen LogP contribution in [-0.2, 0) is 25.6 Å². The Hall–Kier alpha value is -6.67. The van der Waals surface area contributed by atoms with Gasteiger partial charge in [0.2, 0.25) is 23.6 Å². The van der Waals surface area contributed by atoms with E-state index in [2.05, 4.69) is 61.6 Å². The highest BCUT2D eigenvalue weighted by atomic mass is 16.2. The van der Waals surface area contributed by atoms with E-state index in [-0.39, 0.29) is 47.2 Å². The normalized spacial score (nSPS) is 20.5. The van der Waals surface area contributed by atoms with E-state index in [0.717, 1.165) is 107 Å². The molecule has 1 unspecified atom stereocenters. The van der Waals surface area contributed by atoms with E-state index in [1.165, 1.54) is 11.1 Å². The average molecular weight is 920 g/mol. The Balaban J connectivity index is 0.735. The van der Waals surface area contributed by atoms with Crippen molar-refractivity contribution in [1.29, 1.82) is 5.26 Å². The van der Waals surface area contributed by atoms with Gasteiger partial charge in [0.15, 0.2) is 0 Å². The van der Waals surface area contributed by atoms with Crippen molar-refractivity contribution < 1.29 is 19.2 Å². The molecule has 4 saturated heterocycles. The van der Waals surface area contributed by atoms with E-state index in [4.69, 9.17) is 15.1 Å². The van der Waals surface area contributed by atoms with E-state index in [1.54, 1.807) is 16.9 Å². The lowest BCUT2D eigenvalue weighted by molar-refractivity contribution is -0.135. The van der Waals surface area contributed by atoms with Gasteiger partial charge in [-0.1, -0.05) is 19.1 Å². The minimum Gasteiger partial charge on any atom is -0.359 e. The first-order chi connectivity index (χ1) is 33.0. The molecule has 0 spiro atoms. The summed E-state index contributed by atoms with van der Waals surface area (Å²) in [7, 11) is 0. The number of pyridine rings is 1. The number of nitriles is 1. The molecule has 5 aliphatic heterocycles. The maximum Gasteiger partial charge on any atom is 0.249 e. The number of benzene rings is 1. The lowest BCUT2D eigenvalue weighted by Crippen LogP contribution is -2.52. The van der Waals surface area contributed by atoms with Gasteiger partial charge in [-0.05, 0) is 120 Å². The van der Waals surface area contributed by atoms with Crippen molar-refractivity contribution >= 4 is 40.7 Å². The molecule has 0 saturated carbocycles. The smallest absolute Gasteiger partial charge is 0.249 e. The molecule has 1 atom stereocenters. The van der Waals surface area contributed by atoms with E-state index in [1.807, 2.05) is 54.2 Å². The lowest BCUT2D eigenvalue weighted by Gasteiger charge is -2.41. The second kappa shape index (κ2) is 18.8. The number of carbonyl (C=O) groups is 4. The quantitative estimate of drug-likeness (QED) is 0.164. The second-order valence-electron chi connectivity index (χ2n) is 19.8. The van der Waals surface area contributed by atoms with Crippen molar-refractivity contribution in [3.63, 3.8) is 0 Å². The Bertz CT molecular complexity index is 2750. The Morgan fingerprint density at radius 3 is 2.40 bits per heavy atom. The number of imide groups is 1. The van der Waals surface area contributed by atoms with Crippen molar-refractivity contribution in [2.45, 2.75) is 109 Å². The maximum atomic E-state index is 13.6.